The van der Waals surface area contributed by atoms with E-state index in [1.807, 2.05) is 31.4 Å². The lowest BCUT2D eigenvalue weighted by atomic mass is 10.1. The molecule has 30 heavy (non-hydrogen) atoms. The first-order valence-electron chi connectivity index (χ1n) is 9.96. The number of aryl methyl sites for hydroxylation is 2. The second-order valence-electron chi connectivity index (χ2n) is 7.37. The first-order valence-corrected chi connectivity index (χ1v) is 12.3. The van der Waals surface area contributed by atoms with Crippen LogP contribution in [0.25, 0.3) is 0 Å². The Morgan fingerprint density at radius 1 is 1.07 bits per heavy atom. The van der Waals surface area contributed by atoms with Crippen molar-refractivity contribution < 1.29 is 18.0 Å². The van der Waals surface area contributed by atoms with Gasteiger partial charge in [0.2, 0.25) is 15.9 Å². The standard InChI is InChI=1S/C21H27N3O4S2/c1-16-7-8-18(15-17(16)2)30(27,28)24-12-10-23(11-13-24)20(25)6-3-9-22-21(26)19-5-4-14-29-19/h4-5,7-8,14-15H,3,6,9-13H2,1-2H3,(H,22,26). The highest BCUT2D eigenvalue weighted by Crippen LogP contribution is 2.20. The molecule has 1 fully saturated rings. The van der Waals surface area contributed by atoms with Crippen molar-refractivity contribution in [2.45, 2.75) is 31.6 Å². The lowest BCUT2D eigenvalue weighted by molar-refractivity contribution is -0.132. The van der Waals surface area contributed by atoms with Crippen LogP contribution in [0.4, 0.5) is 0 Å². The van der Waals surface area contributed by atoms with E-state index >= 15 is 0 Å². The highest BCUT2D eigenvalue weighted by atomic mass is 32.2. The van der Waals surface area contributed by atoms with Gasteiger partial charge in [-0.25, -0.2) is 8.42 Å². The van der Waals surface area contributed by atoms with Gasteiger partial charge in [0.25, 0.3) is 5.91 Å². The number of nitrogens with one attached hydrogen (secondary N) is 1. The van der Waals surface area contributed by atoms with Gasteiger partial charge in [0.05, 0.1) is 9.77 Å². The van der Waals surface area contributed by atoms with Gasteiger partial charge < -0.3 is 10.2 Å². The van der Waals surface area contributed by atoms with Crippen LogP contribution in [0.1, 0.15) is 33.6 Å². The molecule has 0 spiro atoms. The molecule has 1 saturated heterocycles. The van der Waals surface area contributed by atoms with Crippen molar-refractivity contribution in [3.8, 4) is 0 Å². The number of benzene rings is 1. The summed E-state index contributed by atoms with van der Waals surface area (Å²) in [5.41, 5.74) is 1.99. The maximum Gasteiger partial charge on any atom is 0.261 e. The smallest absolute Gasteiger partial charge is 0.261 e. The molecule has 1 N–H and O–H groups in total. The second-order valence-corrected chi connectivity index (χ2v) is 10.3. The molecule has 1 aliphatic rings. The predicted molar refractivity (Wildman–Crippen MR) is 117 cm³/mol. The van der Waals surface area contributed by atoms with Crippen LogP contribution in [0.3, 0.4) is 0 Å². The Bertz CT molecular complexity index is 995. The van der Waals surface area contributed by atoms with Crippen LogP contribution in [0.15, 0.2) is 40.6 Å². The average Bonchev–Trinajstić information content (AvgIpc) is 3.28. The number of nitrogens with zero attached hydrogens (tertiary/aromatic N) is 2. The quantitative estimate of drug-likeness (QED) is 0.658. The molecule has 2 heterocycles. The molecule has 7 nitrogen and oxygen atoms in total. The molecule has 0 aliphatic carbocycles. The van der Waals surface area contributed by atoms with E-state index in [-0.39, 0.29) is 24.9 Å². The Labute approximate surface area is 181 Å². The molecule has 2 amide bonds. The lowest BCUT2D eigenvalue weighted by Gasteiger charge is -2.34. The van der Waals surface area contributed by atoms with Crippen LogP contribution in [0.2, 0.25) is 0 Å². The van der Waals surface area contributed by atoms with Gasteiger partial charge in [-0.2, -0.15) is 4.31 Å². The van der Waals surface area contributed by atoms with Crippen molar-refractivity contribution in [2.75, 3.05) is 32.7 Å². The third-order valence-electron chi connectivity index (χ3n) is 5.31. The number of carbonyl (C=O) groups is 2. The zero-order valence-electron chi connectivity index (χ0n) is 17.3. The van der Waals surface area contributed by atoms with E-state index in [9.17, 15) is 18.0 Å². The Kier molecular flexibility index (Phi) is 7.27. The van der Waals surface area contributed by atoms with Gasteiger partial charge >= 0.3 is 0 Å². The summed E-state index contributed by atoms with van der Waals surface area (Å²) in [4.78, 5) is 27.0. The zero-order chi connectivity index (χ0) is 21.7. The Balaban J connectivity index is 1.44. The third-order valence-corrected chi connectivity index (χ3v) is 8.07. The molecule has 0 bridgehead atoms. The van der Waals surface area contributed by atoms with Crippen molar-refractivity contribution in [1.29, 1.82) is 0 Å². The summed E-state index contributed by atoms with van der Waals surface area (Å²) in [6.07, 6.45) is 0.881. The van der Waals surface area contributed by atoms with E-state index < -0.39 is 10.0 Å². The van der Waals surface area contributed by atoms with E-state index in [4.69, 9.17) is 0 Å². The van der Waals surface area contributed by atoms with Gasteiger partial charge in [-0.3, -0.25) is 9.59 Å². The second kappa shape index (κ2) is 9.72. The van der Waals surface area contributed by atoms with E-state index in [0.717, 1.165) is 11.1 Å². The molecule has 0 atom stereocenters. The normalized spacial score (nSPS) is 15.2. The molecule has 0 unspecified atom stereocenters. The van der Waals surface area contributed by atoms with Crippen LogP contribution in [0.5, 0.6) is 0 Å². The molecule has 1 aliphatic heterocycles. The number of amides is 2. The Morgan fingerprint density at radius 3 is 2.43 bits per heavy atom. The van der Waals surface area contributed by atoms with E-state index in [1.165, 1.54) is 15.6 Å². The van der Waals surface area contributed by atoms with Crippen molar-refractivity contribution in [1.82, 2.24) is 14.5 Å². The first kappa shape index (κ1) is 22.5. The third kappa shape index (κ3) is 5.27. The summed E-state index contributed by atoms with van der Waals surface area (Å²) in [5.74, 6) is -0.133. The number of hydrogen-bond donors (Lipinski definition) is 1. The highest BCUT2D eigenvalue weighted by molar-refractivity contribution is 7.89. The summed E-state index contributed by atoms with van der Waals surface area (Å²) < 4.78 is 27.2. The summed E-state index contributed by atoms with van der Waals surface area (Å²) in [5, 5.41) is 4.66. The summed E-state index contributed by atoms with van der Waals surface area (Å²) in [6, 6.07) is 8.74. The average molecular weight is 450 g/mol. The maximum atomic E-state index is 12.9. The molecule has 1 aromatic carbocycles. The topological polar surface area (TPSA) is 86.8 Å². The summed E-state index contributed by atoms with van der Waals surface area (Å²) >= 11 is 1.38. The fourth-order valence-electron chi connectivity index (χ4n) is 3.30. The van der Waals surface area contributed by atoms with E-state index in [1.54, 1.807) is 23.1 Å². The van der Waals surface area contributed by atoms with Gasteiger partial charge in [-0.1, -0.05) is 12.1 Å². The molecular weight excluding hydrogens is 422 g/mol. The number of piperazine rings is 1. The van der Waals surface area contributed by atoms with Gasteiger partial charge in [0, 0.05) is 39.1 Å². The minimum absolute atomic E-state index is 0.0106. The maximum absolute atomic E-state index is 12.9. The monoisotopic (exact) mass is 449 g/mol. The molecule has 3 rings (SSSR count). The zero-order valence-corrected chi connectivity index (χ0v) is 18.9. The molecule has 0 radical (unpaired) electrons. The number of thiophene rings is 1. The highest BCUT2D eigenvalue weighted by Gasteiger charge is 2.30. The van der Waals surface area contributed by atoms with Crippen molar-refractivity contribution >= 4 is 33.2 Å². The largest absolute Gasteiger partial charge is 0.351 e. The molecule has 9 heteroatoms. The van der Waals surface area contributed by atoms with Crippen LogP contribution in [-0.4, -0.2) is 62.2 Å². The Hall–Kier alpha value is -2.23. The van der Waals surface area contributed by atoms with Crippen molar-refractivity contribution in [2.24, 2.45) is 0 Å². The van der Waals surface area contributed by atoms with Crippen molar-refractivity contribution in [3.63, 3.8) is 0 Å². The fraction of sp³-hybridized carbons (Fsp3) is 0.429. The van der Waals surface area contributed by atoms with Crippen LogP contribution in [0, 0.1) is 13.8 Å². The van der Waals surface area contributed by atoms with Crippen molar-refractivity contribution in [3.05, 3.63) is 51.7 Å². The molecule has 2 aromatic rings. The summed E-state index contributed by atoms with van der Waals surface area (Å²) in [6.45, 7) is 5.61. The van der Waals surface area contributed by atoms with Gasteiger partial charge in [-0.05, 0) is 55.0 Å². The molecular formula is C21H27N3O4S2. The number of hydrogen-bond acceptors (Lipinski definition) is 5. The number of rotatable bonds is 7. The Morgan fingerprint density at radius 2 is 1.80 bits per heavy atom. The molecule has 162 valence electrons. The summed E-state index contributed by atoms with van der Waals surface area (Å²) in [7, 11) is -3.55. The number of carbonyl (C=O) groups excluding carboxylic acids is 2. The molecule has 1 aromatic heterocycles. The fourth-order valence-corrected chi connectivity index (χ4v) is 5.44. The SMILES string of the molecule is Cc1ccc(S(=O)(=O)N2CCN(C(=O)CCCNC(=O)c3cccs3)CC2)cc1C. The van der Waals surface area contributed by atoms with Crippen LogP contribution < -0.4 is 5.32 Å². The van der Waals surface area contributed by atoms with Crippen LogP contribution >= 0.6 is 11.3 Å². The van der Waals surface area contributed by atoms with Gasteiger partial charge in [-0.15, -0.1) is 11.3 Å². The van der Waals surface area contributed by atoms with Gasteiger partial charge in [0.15, 0.2) is 0 Å². The minimum atomic E-state index is -3.55. The van der Waals surface area contributed by atoms with E-state index in [0.29, 0.717) is 42.2 Å². The van der Waals surface area contributed by atoms with E-state index in [2.05, 4.69) is 5.32 Å². The van der Waals surface area contributed by atoms with Crippen LogP contribution in [-0.2, 0) is 14.8 Å². The lowest BCUT2D eigenvalue weighted by Crippen LogP contribution is -2.50. The molecule has 0 saturated carbocycles. The number of sulfonamides is 1. The predicted octanol–water partition coefficient (Wildman–Crippen LogP) is 2.41. The first-order chi connectivity index (χ1) is 14.3. The van der Waals surface area contributed by atoms with Gasteiger partial charge in [0.1, 0.15) is 0 Å². The minimum Gasteiger partial charge on any atom is -0.351 e.